The van der Waals surface area contributed by atoms with E-state index >= 15 is 0 Å². The average molecular weight is 232 g/mol. The molecule has 0 saturated heterocycles. The third kappa shape index (κ3) is 3.22. The van der Waals surface area contributed by atoms with Crippen LogP contribution in [0.2, 0.25) is 0 Å². The van der Waals surface area contributed by atoms with Crippen molar-refractivity contribution < 1.29 is 0 Å². The molecule has 17 heavy (non-hydrogen) atoms. The molecule has 2 N–H and O–H groups in total. The summed E-state index contributed by atoms with van der Waals surface area (Å²) >= 11 is 0. The maximum atomic E-state index is 5.84. The lowest BCUT2D eigenvalue weighted by atomic mass is 10.0. The van der Waals surface area contributed by atoms with Crippen LogP contribution in [0.3, 0.4) is 0 Å². The molecule has 0 bridgehead atoms. The quantitative estimate of drug-likeness (QED) is 0.806. The van der Waals surface area contributed by atoms with Gasteiger partial charge in [-0.15, -0.1) is 0 Å². The molecule has 0 aromatic heterocycles. The van der Waals surface area contributed by atoms with E-state index in [1.54, 1.807) is 0 Å². The second-order valence-electron chi connectivity index (χ2n) is 5.44. The number of nitrogens with zero attached hydrogens (tertiary/aromatic N) is 1. The Morgan fingerprint density at radius 1 is 1.35 bits per heavy atom. The highest BCUT2D eigenvalue weighted by molar-refractivity contribution is 5.41. The highest BCUT2D eigenvalue weighted by Crippen LogP contribution is 2.28. The Balaban J connectivity index is 1.96. The summed E-state index contributed by atoms with van der Waals surface area (Å²) in [7, 11) is 2.23. The summed E-state index contributed by atoms with van der Waals surface area (Å²) in [5.41, 5.74) is 8.03. The Hall–Kier alpha value is -1.02. The average Bonchev–Trinajstić information content (AvgIpc) is 2.80. The first kappa shape index (κ1) is 12.4. The van der Waals surface area contributed by atoms with Crippen molar-refractivity contribution in [2.45, 2.75) is 38.6 Å². The zero-order valence-electron chi connectivity index (χ0n) is 11.0. The van der Waals surface area contributed by atoms with Crippen LogP contribution in [0.25, 0.3) is 0 Å². The van der Waals surface area contributed by atoms with Crippen LogP contribution >= 0.6 is 0 Å². The summed E-state index contributed by atoms with van der Waals surface area (Å²) in [6, 6.07) is 8.72. The standard InChI is InChI=1S/C15H24N2/c1-12(14-8-5-9-15(16)10-14)17(2)11-13-6-3-4-7-13/h5,8-10,12-13H,3-4,6-7,11,16H2,1-2H3. The molecule has 0 spiro atoms. The van der Waals surface area contributed by atoms with Crippen LogP contribution in [0.1, 0.15) is 44.2 Å². The van der Waals surface area contributed by atoms with Crippen molar-refractivity contribution in [3.8, 4) is 0 Å². The minimum atomic E-state index is 0.457. The van der Waals surface area contributed by atoms with Crippen molar-refractivity contribution in [2.75, 3.05) is 19.3 Å². The molecule has 0 heterocycles. The molecule has 1 aliphatic carbocycles. The van der Waals surface area contributed by atoms with E-state index in [0.717, 1.165) is 11.6 Å². The van der Waals surface area contributed by atoms with Gasteiger partial charge in [-0.25, -0.2) is 0 Å². The molecular formula is C15H24N2. The van der Waals surface area contributed by atoms with Crippen molar-refractivity contribution in [1.29, 1.82) is 0 Å². The van der Waals surface area contributed by atoms with Gasteiger partial charge >= 0.3 is 0 Å². The molecule has 1 aromatic rings. The molecule has 1 aliphatic rings. The number of rotatable bonds is 4. The van der Waals surface area contributed by atoms with Crippen LogP contribution in [0, 0.1) is 5.92 Å². The van der Waals surface area contributed by atoms with Gasteiger partial charge in [0.25, 0.3) is 0 Å². The van der Waals surface area contributed by atoms with Crippen molar-refractivity contribution >= 4 is 5.69 Å². The van der Waals surface area contributed by atoms with Crippen LogP contribution < -0.4 is 5.73 Å². The first-order valence-corrected chi connectivity index (χ1v) is 6.72. The predicted octanol–water partition coefficient (Wildman–Crippen LogP) is 3.45. The maximum absolute atomic E-state index is 5.84. The molecule has 2 heteroatoms. The number of nitrogens with two attached hydrogens (primary N) is 1. The lowest BCUT2D eigenvalue weighted by Gasteiger charge is -2.27. The minimum absolute atomic E-state index is 0.457. The van der Waals surface area contributed by atoms with E-state index in [4.69, 9.17) is 5.73 Å². The Morgan fingerprint density at radius 2 is 2.06 bits per heavy atom. The van der Waals surface area contributed by atoms with Gasteiger partial charge in [0.1, 0.15) is 0 Å². The Kier molecular flexibility index (Phi) is 4.06. The normalized spacial score (nSPS) is 18.8. The van der Waals surface area contributed by atoms with Crippen molar-refractivity contribution in [1.82, 2.24) is 4.90 Å². The van der Waals surface area contributed by atoms with E-state index in [2.05, 4.69) is 31.0 Å². The van der Waals surface area contributed by atoms with E-state index in [-0.39, 0.29) is 0 Å². The molecule has 0 radical (unpaired) electrons. The first-order chi connectivity index (χ1) is 8.16. The maximum Gasteiger partial charge on any atom is 0.0317 e. The number of benzene rings is 1. The van der Waals surface area contributed by atoms with Crippen LogP contribution in [0.4, 0.5) is 5.69 Å². The second-order valence-corrected chi connectivity index (χ2v) is 5.44. The van der Waals surface area contributed by atoms with Gasteiger partial charge in [-0.2, -0.15) is 0 Å². The van der Waals surface area contributed by atoms with Crippen LogP contribution in [0.5, 0.6) is 0 Å². The fourth-order valence-corrected chi connectivity index (χ4v) is 2.83. The highest BCUT2D eigenvalue weighted by Gasteiger charge is 2.20. The van der Waals surface area contributed by atoms with E-state index in [9.17, 15) is 0 Å². The molecule has 1 saturated carbocycles. The topological polar surface area (TPSA) is 29.3 Å². The molecule has 2 rings (SSSR count). The molecule has 0 aliphatic heterocycles. The van der Waals surface area contributed by atoms with E-state index in [1.165, 1.54) is 37.8 Å². The zero-order chi connectivity index (χ0) is 12.3. The summed E-state index contributed by atoms with van der Waals surface area (Å²) in [6.07, 6.45) is 5.67. The summed E-state index contributed by atoms with van der Waals surface area (Å²) < 4.78 is 0. The largest absolute Gasteiger partial charge is 0.399 e. The summed E-state index contributed by atoms with van der Waals surface area (Å²) in [5.74, 6) is 0.906. The smallest absolute Gasteiger partial charge is 0.0317 e. The first-order valence-electron chi connectivity index (χ1n) is 6.72. The summed E-state index contributed by atoms with van der Waals surface area (Å²) in [6.45, 7) is 3.49. The van der Waals surface area contributed by atoms with E-state index in [1.807, 2.05) is 12.1 Å². The van der Waals surface area contributed by atoms with Crippen molar-refractivity contribution in [2.24, 2.45) is 5.92 Å². The number of hydrogen-bond acceptors (Lipinski definition) is 2. The number of hydrogen-bond donors (Lipinski definition) is 1. The third-order valence-electron chi connectivity index (χ3n) is 4.08. The molecule has 1 fully saturated rings. The Bertz CT molecular complexity index is 356. The molecule has 1 atom stereocenters. The van der Waals surface area contributed by atoms with Gasteiger partial charge in [0, 0.05) is 18.3 Å². The number of nitrogen functional groups attached to an aromatic ring is 1. The molecule has 1 unspecified atom stereocenters. The lowest BCUT2D eigenvalue weighted by Crippen LogP contribution is -2.27. The fraction of sp³-hybridized carbons (Fsp3) is 0.600. The van der Waals surface area contributed by atoms with Gasteiger partial charge in [-0.05, 0) is 50.4 Å². The Morgan fingerprint density at radius 3 is 2.71 bits per heavy atom. The molecule has 94 valence electrons. The monoisotopic (exact) mass is 232 g/mol. The highest BCUT2D eigenvalue weighted by atomic mass is 15.1. The van der Waals surface area contributed by atoms with Gasteiger partial charge in [0.15, 0.2) is 0 Å². The fourth-order valence-electron chi connectivity index (χ4n) is 2.83. The van der Waals surface area contributed by atoms with Gasteiger partial charge in [0.05, 0.1) is 0 Å². The second kappa shape index (κ2) is 5.54. The minimum Gasteiger partial charge on any atom is -0.399 e. The third-order valence-corrected chi connectivity index (χ3v) is 4.08. The van der Waals surface area contributed by atoms with Gasteiger partial charge in [-0.1, -0.05) is 25.0 Å². The van der Waals surface area contributed by atoms with Crippen molar-refractivity contribution in [3.05, 3.63) is 29.8 Å². The summed E-state index contributed by atoms with van der Waals surface area (Å²) in [5, 5.41) is 0. The van der Waals surface area contributed by atoms with Gasteiger partial charge in [0.2, 0.25) is 0 Å². The van der Waals surface area contributed by atoms with Crippen LogP contribution in [0.15, 0.2) is 24.3 Å². The predicted molar refractivity (Wildman–Crippen MR) is 73.9 cm³/mol. The molecule has 0 amide bonds. The van der Waals surface area contributed by atoms with Gasteiger partial charge < -0.3 is 5.73 Å². The lowest BCUT2D eigenvalue weighted by molar-refractivity contribution is 0.221. The van der Waals surface area contributed by atoms with Crippen LogP contribution in [-0.2, 0) is 0 Å². The molecule has 2 nitrogen and oxygen atoms in total. The Labute approximate surface area is 105 Å². The van der Waals surface area contributed by atoms with Crippen LogP contribution in [-0.4, -0.2) is 18.5 Å². The SMILES string of the molecule is CC(c1cccc(N)c1)N(C)CC1CCCC1. The number of anilines is 1. The zero-order valence-corrected chi connectivity index (χ0v) is 11.0. The van der Waals surface area contributed by atoms with E-state index < -0.39 is 0 Å². The molecule has 1 aromatic carbocycles. The summed E-state index contributed by atoms with van der Waals surface area (Å²) in [4.78, 5) is 2.46. The van der Waals surface area contributed by atoms with Gasteiger partial charge in [-0.3, -0.25) is 4.90 Å². The van der Waals surface area contributed by atoms with E-state index in [0.29, 0.717) is 6.04 Å². The molecular weight excluding hydrogens is 208 g/mol. The van der Waals surface area contributed by atoms with Crippen molar-refractivity contribution in [3.63, 3.8) is 0 Å².